The van der Waals surface area contributed by atoms with Crippen LogP contribution in [0.4, 0.5) is 11.8 Å². The summed E-state index contributed by atoms with van der Waals surface area (Å²) in [4.78, 5) is 22.2. The van der Waals surface area contributed by atoms with Gasteiger partial charge in [-0.15, -0.1) is 0 Å². The van der Waals surface area contributed by atoms with Gasteiger partial charge in [0.2, 0.25) is 5.95 Å². The summed E-state index contributed by atoms with van der Waals surface area (Å²) in [5.41, 5.74) is 2.85. The lowest BCUT2D eigenvalue weighted by molar-refractivity contribution is 0.0986. The van der Waals surface area contributed by atoms with Gasteiger partial charge in [-0.25, -0.2) is 4.98 Å². The predicted octanol–water partition coefficient (Wildman–Crippen LogP) is 2.23. The molecule has 3 aromatic rings. The van der Waals surface area contributed by atoms with E-state index in [4.69, 9.17) is 36.0 Å². The van der Waals surface area contributed by atoms with Gasteiger partial charge >= 0.3 is 0 Å². The van der Waals surface area contributed by atoms with Crippen LogP contribution in [0.3, 0.4) is 0 Å². The first-order valence-electron chi connectivity index (χ1n) is 10.5. The Balaban J connectivity index is 1.65. The minimum absolute atomic E-state index is 0.0675. The molecule has 10 heteroatoms. The number of nitrogens with one attached hydrogen (secondary N) is 1. The zero-order chi connectivity index (χ0) is 21.4. The largest absolute Gasteiger partial charge is 0.392 e. The number of rotatable bonds is 4. The molecule has 5 rings (SSSR count). The normalized spacial score (nSPS) is 19.9. The topological polar surface area (TPSA) is 99.6 Å². The number of aliphatic hydroxyl groups excluding tert-OH is 1. The summed E-state index contributed by atoms with van der Waals surface area (Å²) < 4.78 is 11.1. The number of anilines is 2. The van der Waals surface area contributed by atoms with Crippen LogP contribution in [0, 0.1) is 0 Å². The minimum Gasteiger partial charge on any atom is -0.392 e. The van der Waals surface area contributed by atoms with Crippen LogP contribution in [0.1, 0.15) is 12.5 Å². The zero-order valence-corrected chi connectivity index (χ0v) is 18.1. The monoisotopic (exact) mass is 444 g/mol. The van der Waals surface area contributed by atoms with E-state index in [0.29, 0.717) is 48.9 Å². The number of benzene rings is 1. The first-order valence-corrected chi connectivity index (χ1v) is 10.9. The van der Waals surface area contributed by atoms with Crippen molar-refractivity contribution in [1.29, 1.82) is 0 Å². The van der Waals surface area contributed by atoms with E-state index in [2.05, 4.69) is 21.7 Å². The molecule has 2 N–H and O–H groups in total. The Kier molecular flexibility index (Phi) is 5.66. The number of aromatic amines is 1. The number of ether oxygens (including phenoxy) is 2. The molecule has 4 heterocycles. The quantitative estimate of drug-likeness (QED) is 0.632. The van der Waals surface area contributed by atoms with Crippen molar-refractivity contribution in [3.63, 3.8) is 0 Å². The highest BCUT2D eigenvalue weighted by Gasteiger charge is 2.27. The summed E-state index contributed by atoms with van der Waals surface area (Å²) in [5.74, 6) is 2.07. The van der Waals surface area contributed by atoms with E-state index in [9.17, 15) is 5.11 Å². The predicted molar refractivity (Wildman–Crippen MR) is 119 cm³/mol. The molecule has 164 valence electrons. The van der Waals surface area contributed by atoms with Crippen molar-refractivity contribution in [3.05, 3.63) is 28.8 Å². The molecule has 9 nitrogen and oxygen atoms in total. The van der Waals surface area contributed by atoms with Gasteiger partial charge in [0, 0.05) is 25.2 Å². The van der Waals surface area contributed by atoms with Crippen LogP contribution in [-0.2, 0) is 16.1 Å². The summed E-state index contributed by atoms with van der Waals surface area (Å²) >= 11 is 6.45. The molecule has 2 aliphatic rings. The second kappa shape index (κ2) is 8.58. The van der Waals surface area contributed by atoms with Gasteiger partial charge in [-0.2, -0.15) is 9.97 Å². The first kappa shape index (κ1) is 20.4. The Morgan fingerprint density at radius 1 is 1.13 bits per heavy atom. The Labute approximate surface area is 185 Å². The molecule has 1 atom stereocenters. The van der Waals surface area contributed by atoms with E-state index in [1.54, 1.807) is 12.1 Å². The Morgan fingerprint density at radius 2 is 1.94 bits per heavy atom. The molecular weight excluding hydrogens is 420 g/mol. The third kappa shape index (κ3) is 3.94. The van der Waals surface area contributed by atoms with Crippen LogP contribution in [-0.4, -0.2) is 77.1 Å². The fourth-order valence-electron chi connectivity index (χ4n) is 4.01. The number of imidazole rings is 1. The average molecular weight is 445 g/mol. The van der Waals surface area contributed by atoms with Crippen LogP contribution in [0.2, 0.25) is 5.02 Å². The fourth-order valence-corrected chi connectivity index (χ4v) is 4.21. The summed E-state index contributed by atoms with van der Waals surface area (Å²) in [6, 6.07) is 5.59. The third-order valence-corrected chi connectivity index (χ3v) is 6.05. The number of morpholine rings is 2. The number of H-pyrrole nitrogens is 1. The Morgan fingerprint density at radius 3 is 2.71 bits per heavy atom. The van der Waals surface area contributed by atoms with Crippen LogP contribution >= 0.6 is 11.6 Å². The molecule has 1 aromatic carbocycles. The lowest BCUT2D eigenvalue weighted by Crippen LogP contribution is -2.44. The van der Waals surface area contributed by atoms with E-state index in [0.717, 1.165) is 42.1 Å². The third-order valence-electron chi connectivity index (χ3n) is 5.72. The molecule has 31 heavy (non-hydrogen) atoms. The van der Waals surface area contributed by atoms with Gasteiger partial charge in [-0.05, 0) is 24.6 Å². The van der Waals surface area contributed by atoms with Crippen molar-refractivity contribution in [2.24, 2.45) is 0 Å². The van der Waals surface area contributed by atoms with Crippen LogP contribution in [0.5, 0.6) is 0 Å². The van der Waals surface area contributed by atoms with E-state index in [1.807, 2.05) is 6.07 Å². The van der Waals surface area contributed by atoms with Crippen LogP contribution in [0.25, 0.3) is 22.6 Å². The molecule has 2 aliphatic heterocycles. The summed E-state index contributed by atoms with van der Waals surface area (Å²) in [5, 5.41) is 10.1. The van der Waals surface area contributed by atoms with Gasteiger partial charge in [0.15, 0.2) is 11.5 Å². The van der Waals surface area contributed by atoms with E-state index in [1.165, 1.54) is 0 Å². The van der Waals surface area contributed by atoms with Crippen LogP contribution < -0.4 is 9.80 Å². The van der Waals surface area contributed by atoms with Gasteiger partial charge in [0.25, 0.3) is 0 Å². The highest BCUT2D eigenvalue weighted by molar-refractivity contribution is 6.33. The fraction of sp³-hybridized carbons (Fsp3) is 0.476. The second-order valence-electron chi connectivity index (χ2n) is 7.82. The van der Waals surface area contributed by atoms with Crippen molar-refractivity contribution < 1.29 is 14.6 Å². The van der Waals surface area contributed by atoms with E-state index >= 15 is 0 Å². The standard InChI is InChI=1S/C21H25ClN6O3/c1-13-12-31-9-6-28(13)20-17-19(25-21(26-20)27-4-7-30-8-5-27)24-18(23-17)15-10-14(11-29)2-3-16(15)22/h2-3,10,13,29H,4-9,11-12H2,1H3,(H,23,24,25,26). The van der Waals surface area contributed by atoms with Gasteiger partial charge in [-0.3, -0.25) is 0 Å². The molecule has 1 unspecified atom stereocenters. The van der Waals surface area contributed by atoms with Crippen molar-refractivity contribution in [2.45, 2.75) is 19.6 Å². The van der Waals surface area contributed by atoms with Gasteiger partial charge < -0.3 is 29.4 Å². The summed E-state index contributed by atoms with van der Waals surface area (Å²) in [6.45, 7) is 6.88. The lowest BCUT2D eigenvalue weighted by atomic mass is 10.1. The number of fused-ring (bicyclic) bond motifs is 1. The average Bonchev–Trinajstić information content (AvgIpc) is 3.24. The van der Waals surface area contributed by atoms with Crippen molar-refractivity contribution in [3.8, 4) is 11.4 Å². The van der Waals surface area contributed by atoms with E-state index in [-0.39, 0.29) is 12.6 Å². The maximum atomic E-state index is 9.53. The second-order valence-corrected chi connectivity index (χ2v) is 8.23. The smallest absolute Gasteiger partial charge is 0.229 e. The lowest BCUT2D eigenvalue weighted by Gasteiger charge is -2.35. The molecule has 2 aromatic heterocycles. The number of nitrogens with zero attached hydrogens (tertiary/aromatic N) is 5. The van der Waals surface area contributed by atoms with Crippen LogP contribution in [0.15, 0.2) is 18.2 Å². The maximum Gasteiger partial charge on any atom is 0.229 e. The highest BCUT2D eigenvalue weighted by Crippen LogP contribution is 2.33. The molecule has 2 fully saturated rings. The van der Waals surface area contributed by atoms with Gasteiger partial charge in [0.1, 0.15) is 11.3 Å². The molecule has 0 amide bonds. The Hall–Kier alpha value is -2.46. The number of aliphatic hydroxyl groups is 1. The Bertz CT molecular complexity index is 1080. The SMILES string of the molecule is CC1COCCN1c1nc(N2CCOCC2)nc2nc(-c3cc(CO)ccc3Cl)[nH]c12. The number of halogens is 1. The molecule has 2 saturated heterocycles. The zero-order valence-electron chi connectivity index (χ0n) is 17.3. The highest BCUT2D eigenvalue weighted by atomic mass is 35.5. The van der Waals surface area contributed by atoms with Gasteiger partial charge in [-0.1, -0.05) is 17.7 Å². The van der Waals surface area contributed by atoms with Gasteiger partial charge in [0.05, 0.1) is 44.1 Å². The van der Waals surface area contributed by atoms with Crippen molar-refractivity contribution >= 4 is 34.5 Å². The minimum atomic E-state index is -0.0675. The maximum absolute atomic E-state index is 9.53. The van der Waals surface area contributed by atoms with Crippen molar-refractivity contribution in [2.75, 3.05) is 55.9 Å². The first-order chi connectivity index (χ1) is 15.1. The molecule has 0 bridgehead atoms. The van der Waals surface area contributed by atoms with Crippen molar-refractivity contribution in [1.82, 2.24) is 19.9 Å². The van der Waals surface area contributed by atoms with E-state index < -0.39 is 0 Å². The number of aromatic nitrogens is 4. The summed E-state index contributed by atoms with van der Waals surface area (Å²) in [6.07, 6.45) is 0. The number of hydrogen-bond donors (Lipinski definition) is 2. The molecular formula is C21H25ClN6O3. The molecule has 0 saturated carbocycles. The summed E-state index contributed by atoms with van der Waals surface area (Å²) in [7, 11) is 0. The number of hydrogen-bond acceptors (Lipinski definition) is 8. The molecule has 0 spiro atoms. The molecule has 0 radical (unpaired) electrons. The molecule has 0 aliphatic carbocycles.